The number of rotatable bonds is 28. The normalized spacial score (nSPS) is 19.7. The summed E-state index contributed by atoms with van der Waals surface area (Å²) in [6.07, 6.45) is 25.6. The number of hydrogen-bond donors (Lipinski definition) is 0. The molecule has 4 aliphatic rings. The van der Waals surface area contributed by atoms with Crippen molar-refractivity contribution in [1.29, 1.82) is 0 Å². The Bertz CT molecular complexity index is 3140. The van der Waals surface area contributed by atoms with E-state index in [4.69, 9.17) is 18.9 Å². The minimum absolute atomic E-state index is 0.0218. The summed E-state index contributed by atoms with van der Waals surface area (Å²) in [5.74, 6) is 3.98. The Balaban J connectivity index is 0.703. The summed E-state index contributed by atoms with van der Waals surface area (Å²) in [7, 11) is 3.08. The van der Waals surface area contributed by atoms with E-state index in [-0.39, 0.29) is 21.2 Å². The number of anilines is 2. The summed E-state index contributed by atoms with van der Waals surface area (Å²) in [6, 6.07) is 45.8. The summed E-state index contributed by atoms with van der Waals surface area (Å²) in [4.78, 5) is 27.6. The third-order valence-electron chi connectivity index (χ3n) is 19.5. The molecule has 0 aromatic heterocycles. The lowest BCUT2D eigenvalue weighted by Crippen LogP contribution is -2.59. The number of nitro benzene ring substituents is 2. The van der Waals surface area contributed by atoms with Gasteiger partial charge >= 0.3 is 0 Å². The molecular formula is C73H88N4O8. The van der Waals surface area contributed by atoms with E-state index in [0.717, 1.165) is 45.2 Å². The first-order valence-corrected chi connectivity index (χ1v) is 31.4. The largest absolute Gasteiger partial charge is 0.493 e. The van der Waals surface area contributed by atoms with Gasteiger partial charge in [0.05, 0.1) is 47.0 Å². The highest BCUT2D eigenvalue weighted by Crippen LogP contribution is 2.58. The van der Waals surface area contributed by atoms with Gasteiger partial charge in [0.1, 0.15) is 0 Å². The lowest BCUT2D eigenvalue weighted by Gasteiger charge is -2.47. The van der Waals surface area contributed by atoms with Crippen LogP contribution in [0, 0.1) is 32.1 Å². The minimum atomic E-state index is -0.821. The maximum absolute atomic E-state index is 11.8. The summed E-state index contributed by atoms with van der Waals surface area (Å²) < 4.78 is 25.5. The van der Waals surface area contributed by atoms with Crippen LogP contribution in [0.2, 0.25) is 0 Å². The molecule has 0 N–H and O–H groups in total. The Morgan fingerprint density at radius 2 is 0.847 bits per heavy atom. The molecule has 0 bridgehead atoms. The zero-order chi connectivity index (χ0) is 59.9. The van der Waals surface area contributed by atoms with Crippen LogP contribution in [0.5, 0.6) is 23.0 Å². The highest BCUT2D eigenvalue weighted by molar-refractivity contribution is 5.77. The number of methoxy groups -OCH3 is 2. The Labute approximate surface area is 504 Å². The first-order valence-electron chi connectivity index (χ1n) is 31.4. The molecule has 0 saturated heterocycles. The van der Waals surface area contributed by atoms with Crippen molar-refractivity contribution in [3.8, 4) is 23.0 Å². The van der Waals surface area contributed by atoms with Crippen LogP contribution >= 0.6 is 0 Å². The van der Waals surface area contributed by atoms with Crippen molar-refractivity contribution >= 4 is 34.9 Å². The second kappa shape index (κ2) is 25.9. The van der Waals surface area contributed by atoms with Crippen molar-refractivity contribution in [2.45, 2.75) is 172 Å². The van der Waals surface area contributed by atoms with Crippen molar-refractivity contribution in [2.24, 2.45) is 11.8 Å². The lowest BCUT2D eigenvalue weighted by atomic mass is 9.76. The summed E-state index contributed by atoms with van der Waals surface area (Å²) in [5.41, 5.74) is 6.48. The maximum atomic E-state index is 11.8. The molecule has 2 spiro atoms. The summed E-state index contributed by atoms with van der Waals surface area (Å²) >= 11 is 0. The zero-order valence-electron chi connectivity index (χ0n) is 51.4. The van der Waals surface area contributed by atoms with Gasteiger partial charge in [-0.1, -0.05) is 175 Å². The van der Waals surface area contributed by atoms with Gasteiger partial charge in [0.25, 0.3) is 11.4 Å². The molecule has 12 heteroatoms. The molecule has 0 radical (unpaired) electrons. The van der Waals surface area contributed by atoms with E-state index in [0.29, 0.717) is 57.8 Å². The van der Waals surface area contributed by atoms with Gasteiger partial charge in [-0.25, -0.2) is 0 Å². The molecule has 4 aliphatic heterocycles. The van der Waals surface area contributed by atoms with E-state index in [1.54, 1.807) is 12.1 Å². The van der Waals surface area contributed by atoms with Gasteiger partial charge in [-0.3, -0.25) is 20.2 Å². The average molecular weight is 1150 g/mol. The predicted molar refractivity (Wildman–Crippen MR) is 344 cm³/mol. The van der Waals surface area contributed by atoms with Crippen molar-refractivity contribution in [3.05, 3.63) is 199 Å². The first kappa shape index (κ1) is 60.5. The molecule has 0 saturated carbocycles. The van der Waals surface area contributed by atoms with Gasteiger partial charge in [0, 0.05) is 47.7 Å². The van der Waals surface area contributed by atoms with Gasteiger partial charge in [-0.15, -0.1) is 0 Å². The molecule has 10 rings (SSSR count). The van der Waals surface area contributed by atoms with Crippen molar-refractivity contribution < 1.29 is 28.8 Å². The highest BCUT2D eigenvalue weighted by Gasteiger charge is 2.60. The lowest BCUT2D eigenvalue weighted by molar-refractivity contribution is -0.385. The van der Waals surface area contributed by atoms with Crippen LogP contribution in [0.15, 0.2) is 146 Å². The maximum Gasteiger partial charge on any atom is 0.274 e. The molecule has 6 aromatic rings. The predicted octanol–water partition coefficient (Wildman–Crippen LogP) is 18.7. The fraction of sp³-hybridized carbons (Fsp3) is 0.452. The summed E-state index contributed by atoms with van der Waals surface area (Å²) in [6.45, 7) is 15.5. The number of para-hydroxylation sites is 2. The first-order chi connectivity index (χ1) is 41.0. The fourth-order valence-corrected chi connectivity index (χ4v) is 14.7. The Kier molecular flexibility index (Phi) is 18.5. The second-order valence-electron chi connectivity index (χ2n) is 25.7. The number of fused-ring (bicyclic) bond motifs is 4. The quantitative estimate of drug-likeness (QED) is 0.0266. The molecule has 448 valence electrons. The van der Waals surface area contributed by atoms with Crippen molar-refractivity contribution in [1.82, 2.24) is 0 Å². The Hall–Kier alpha value is -7.60. The minimum Gasteiger partial charge on any atom is -0.493 e. The molecule has 85 heavy (non-hydrogen) atoms. The van der Waals surface area contributed by atoms with Crippen LogP contribution in [-0.4, -0.2) is 48.6 Å². The number of non-ortho nitro benzene ring substituents is 2. The van der Waals surface area contributed by atoms with E-state index >= 15 is 0 Å². The molecule has 6 aromatic carbocycles. The number of hydrogen-bond acceptors (Lipinski definition) is 10. The number of unbranched alkanes of at least 4 members (excludes halogenated alkanes) is 8. The number of nitro groups is 2. The Morgan fingerprint density at radius 1 is 0.482 bits per heavy atom. The van der Waals surface area contributed by atoms with Crippen molar-refractivity contribution in [3.63, 3.8) is 0 Å². The number of nitrogens with zero attached hydrogens (tertiary/aromatic N) is 4. The van der Waals surface area contributed by atoms with Crippen LogP contribution in [0.1, 0.15) is 183 Å². The molecule has 0 fully saturated rings. The number of ether oxygens (including phenoxy) is 4. The van der Waals surface area contributed by atoms with Crippen LogP contribution in [0.25, 0.3) is 12.2 Å². The highest BCUT2D eigenvalue weighted by atomic mass is 16.6. The molecule has 6 unspecified atom stereocenters. The SMILES string of the molecule is COc1cc([N+](=O)[O-])cc2c1OC1(C=C2)N(CCCCCCCC(C)CC(CC(CC(C)CCCCCCCN2c3ccccc3C(C)(C)C23C=Cc2cc([N+](=O)[O-])cc(OC)c2O3)c2ccccc2)c2ccccc2)c2ccccc2C1(C)C. The fourth-order valence-electron chi connectivity index (χ4n) is 14.7. The van der Waals surface area contributed by atoms with Crippen LogP contribution in [0.3, 0.4) is 0 Å². The van der Waals surface area contributed by atoms with Gasteiger partial charge in [0.15, 0.2) is 23.0 Å². The third-order valence-corrected chi connectivity index (χ3v) is 19.5. The number of benzene rings is 6. The van der Waals surface area contributed by atoms with Crippen LogP contribution < -0.4 is 28.7 Å². The topological polar surface area (TPSA) is 130 Å². The van der Waals surface area contributed by atoms with Gasteiger partial charge < -0.3 is 28.7 Å². The monoisotopic (exact) mass is 1150 g/mol. The van der Waals surface area contributed by atoms with E-state index in [1.807, 2.05) is 12.2 Å². The van der Waals surface area contributed by atoms with E-state index in [1.165, 1.54) is 124 Å². The third kappa shape index (κ3) is 12.2. The van der Waals surface area contributed by atoms with Crippen LogP contribution in [-0.2, 0) is 10.8 Å². The molecule has 12 nitrogen and oxygen atoms in total. The average Bonchev–Trinajstić information content (AvgIpc) is 2.25. The van der Waals surface area contributed by atoms with E-state index < -0.39 is 22.3 Å². The van der Waals surface area contributed by atoms with Gasteiger partial charge in [-0.2, -0.15) is 0 Å². The zero-order valence-corrected chi connectivity index (χ0v) is 51.4. The second-order valence-corrected chi connectivity index (χ2v) is 25.7. The Morgan fingerprint density at radius 3 is 1.24 bits per heavy atom. The molecule has 6 atom stereocenters. The summed E-state index contributed by atoms with van der Waals surface area (Å²) in [5, 5.41) is 23.6. The standard InChI is InChI=1S/C73H88N4O8/c1-52(29-17-11-9-13-27-43-74-64-37-25-23-35-62(64)70(3,4)72(74)41-39-56-48-60(76(78)79)50-66(82-7)68(56)84-72)45-58(54-31-19-15-20-32-54)47-59(55-33-21-16-22-34-55)46-53(2)30-18-12-10-14-28-44-75-65-38-26-24-36-63(65)71(5,6)73(75)42-40-57-49-61(77(80)81)51-67(83-8)69(57)85-73/h15-16,19-26,31-42,48-53,58-59H,9-14,17-18,27-30,43-47H2,1-8H3. The molecule has 4 heterocycles. The van der Waals surface area contributed by atoms with Gasteiger partial charge in [-0.05, 0) is 142 Å². The van der Waals surface area contributed by atoms with E-state index in [9.17, 15) is 20.2 Å². The van der Waals surface area contributed by atoms with Crippen LogP contribution in [0.4, 0.5) is 22.7 Å². The van der Waals surface area contributed by atoms with Gasteiger partial charge in [0.2, 0.25) is 11.4 Å². The van der Waals surface area contributed by atoms with E-state index in [2.05, 4.69) is 173 Å². The molecule has 0 amide bonds. The smallest absolute Gasteiger partial charge is 0.274 e. The molecular weight excluding hydrogens is 1060 g/mol. The van der Waals surface area contributed by atoms with Crippen molar-refractivity contribution in [2.75, 3.05) is 37.1 Å². The molecule has 0 aliphatic carbocycles.